The molecule has 3 aliphatic heterocycles. The van der Waals surface area contributed by atoms with Crippen molar-refractivity contribution in [3.05, 3.63) is 30.1 Å². The van der Waals surface area contributed by atoms with Gasteiger partial charge >= 0.3 is 0 Å². The average Bonchev–Trinajstić information content (AvgIpc) is 3.28. The number of hydrogen-bond acceptors (Lipinski definition) is 3. The van der Waals surface area contributed by atoms with Crippen molar-refractivity contribution in [3.8, 4) is 0 Å². The number of fused-ring (bicyclic) bond motifs is 3. The Morgan fingerprint density at radius 3 is 2.55 bits per heavy atom. The van der Waals surface area contributed by atoms with E-state index in [2.05, 4.69) is 52.9 Å². The van der Waals surface area contributed by atoms with E-state index in [4.69, 9.17) is 4.98 Å². The van der Waals surface area contributed by atoms with Crippen LogP contribution in [0, 0.1) is 5.92 Å². The van der Waals surface area contributed by atoms with Gasteiger partial charge < -0.3 is 14.8 Å². The normalized spacial score (nSPS) is 27.8. The number of para-hydroxylation sites is 2. The molecule has 3 unspecified atom stereocenters. The molecule has 1 N–H and O–H groups in total. The third-order valence-corrected chi connectivity index (χ3v) is 7.31. The maximum Gasteiger partial charge on any atom is 0.222 e. The standard InChI is InChI=1S/C24H34N4O.2ClH/c1-16(2)28-22-8-4-3-7-21(22)26-24(28)18-6-5-11-27(15-18)23(29)14-17-12-19-9-10-20(13-17)25-19;;/h3-4,7-8,16-20,25H,5-6,9-15H2,1-2H3;2*1H. The summed E-state index contributed by atoms with van der Waals surface area (Å²) in [6.45, 7) is 6.20. The number of hydrogen-bond donors (Lipinski definition) is 1. The highest BCUT2D eigenvalue weighted by atomic mass is 35.5. The molecule has 3 atom stereocenters. The van der Waals surface area contributed by atoms with Gasteiger partial charge in [0, 0.05) is 43.6 Å². The summed E-state index contributed by atoms with van der Waals surface area (Å²) in [6.07, 6.45) is 7.90. The van der Waals surface area contributed by atoms with Crippen LogP contribution in [-0.4, -0.2) is 45.5 Å². The number of nitrogens with zero attached hydrogens (tertiary/aromatic N) is 3. The number of halogens is 2. The number of aromatic nitrogens is 2. The summed E-state index contributed by atoms with van der Waals surface area (Å²) in [6, 6.07) is 10.1. The number of nitrogens with one attached hydrogen (secondary N) is 1. The van der Waals surface area contributed by atoms with Crippen molar-refractivity contribution >= 4 is 41.8 Å². The van der Waals surface area contributed by atoms with Gasteiger partial charge in [-0.3, -0.25) is 4.79 Å². The molecular weight excluding hydrogens is 431 g/mol. The largest absolute Gasteiger partial charge is 0.342 e. The molecule has 1 aromatic heterocycles. The summed E-state index contributed by atoms with van der Waals surface area (Å²) in [5.74, 6) is 2.44. The molecule has 0 spiro atoms. The zero-order valence-corrected chi connectivity index (χ0v) is 20.3. The lowest BCUT2D eigenvalue weighted by atomic mass is 9.88. The van der Waals surface area contributed by atoms with Crippen LogP contribution in [0.2, 0.25) is 0 Å². The van der Waals surface area contributed by atoms with Gasteiger partial charge in [0.2, 0.25) is 5.91 Å². The Morgan fingerprint density at radius 2 is 1.84 bits per heavy atom. The molecule has 5 nitrogen and oxygen atoms in total. The average molecular weight is 467 g/mol. The molecule has 3 saturated heterocycles. The second-order valence-electron chi connectivity index (χ2n) is 9.78. The fraction of sp³-hybridized carbons (Fsp3) is 0.667. The van der Waals surface area contributed by atoms with Crippen LogP contribution in [0.4, 0.5) is 0 Å². The van der Waals surface area contributed by atoms with Crippen LogP contribution in [0.1, 0.15) is 76.6 Å². The highest BCUT2D eigenvalue weighted by molar-refractivity contribution is 5.85. The number of likely N-dealkylation sites (tertiary alicyclic amines) is 1. The van der Waals surface area contributed by atoms with Crippen LogP contribution in [0.25, 0.3) is 11.0 Å². The lowest BCUT2D eigenvalue weighted by molar-refractivity contribution is -0.133. The molecule has 0 aliphatic carbocycles. The molecule has 1 aromatic carbocycles. The van der Waals surface area contributed by atoms with E-state index in [0.29, 0.717) is 35.9 Å². The van der Waals surface area contributed by atoms with Gasteiger partial charge in [-0.05, 0) is 70.4 Å². The third-order valence-electron chi connectivity index (χ3n) is 7.31. The lowest BCUT2D eigenvalue weighted by Crippen LogP contribution is -2.43. The van der Waals surface area contributed by atoms with Gasteiger partial charge in [0.1, 0.15) is 5.82 Å². The Balaban J connectivity index is 0.00000136. The summed E-state index contributed by atoms with van der Waals surface area (Å²) >= 11 is 0. The fourth-order valence-corrected chi connectivity index (χ4v) is 6.03. The van der Waals surface area contributed by atoms with Crippen molar-refractivity contribution in [1.29, 1.82) is 0 Å². The highest BCUT2D eigenvalue weighted by Gasteiger charge is 2.36. The maximum absolute atomic E-state index is 13.1. The van der Waals surface area contributed by atoms with Crippen molar-refractivity contribution < 1.29 is 4.79 Å². The van der Waals surface area contributed by atoms with E-state index < -0.39 is 0 Å². The molecule has 3 fully saturated rings. The molecule has 4 heterocycles. The monoisotopic (exact) mass is 466 g/mol. The van der Waals surface area contributed by atoms with Gasteiger partial charge in [-0.1, -0.05) is 12.1 Å². The van der Waals surface area contributed by atoms with E-state index in [0.717, 1.165) is 37.9 Å². The van der Waals surface area contributed by atoms with Crippen LogP contribution in [0.5, 0.6) is 0 Å². The van der Waals surface area contributed by atoms with Crippen LogP contribution < -0.4 is 5.32 Å². The Morgan fingerprint density at radius 1 is 1.13 bits per heavy atom. The van der Waals surface area contributed by atoms with Gasteiger partial charge in [0.25, 0.3) is 0 Å². The topological polar surface area (TPSA) is 50.2 Å². The first-order chi connectivity index (χ1) is 14.1. The lowest BCUT2D eigenvalue weighted by Gasteiger charge is -2.35. The molecule has 7 heteroatoms. The van der Waals surface area contributed by atoms with E-state index in [1.54, 1.807) is 0 Å². The Labute approximate surface area is 198 Å². The first-order valence-corrected chi connectivity index (χ1v) is 11.6. The minimum atomic E-state index is 0. The van der Waals surface area contributed by atoms with Gasteiger partial charge in [0.05, 0.1) is 11.0 Å². The van der Waals surface area contributed by atoms with Crippen molar-refractivity contribution in [2.75, 3.05) is 13.1 Å². The molecule has 1 amide bonds. The molecular formula is C24H36Cl2N4O. The first kappa shape index (κ1) is 24.3. The molecule has 0 radical (unpaired) electrons. The number of benzene rings is 1. The van der Waals surface area contributed by atoms with E-state index in [1.165, 1.54) is 37.0 Å². The predicted molar refractivity (Wildman–Crippen MR) is 130 cm³/mol. The predicted octanol–water partition coefficient (Wildman–Crippen LogP) is 5.09. The first-order valence-electron chi connectivity index (χ1n) is 11.6. The molecule has 2 bridgehead atoms. The summed E-state index contributed by atoms with van der Waals surface area (Å²) in [7, 11) is 0. The van der Waals surface area contributed by atoms with E-state index >= 15 is 0 Å². The van der Waals surface area contributed by atoms with Gasteiger partial charge in [-0.25, -0.2) is 4.98 Å². The minimum Gasteiger partial charge on any atom is -0.342 e. The van der Waals surface area contributed by atoms with Crippen molar-refractivity contribution in [3.63, 3.8) is 0 Å². The SMILES string of the molecule is CC(C)n1c(C2CCCN(C(=O)CC3CC4CCC(C3)N4)C2)nc2ccccc21.Cl.Cl. The maximum atomic E-state index is 13.1. The summed E-state index contributed by atoms with van der Waals surface area (Å²) in [5.41, 5.74) is 2.29. The van der Waals surface area contributed by atoms with Crippen molar-refractivity contribution in [2.24, 2.45) is 5.92 Å². The van der Waals surface area contributed by atoms with Gasteiger partial charge in [-0.15, -0.1) is 24.8 Å². The van der Waals surface area contributed by atoms with Crippen LogP contribution in [0.15, 0.2) is 24.3 Å². The molecule has 0 saturated carbocycles. The van der Waals surface area contributed by atoms with Gasteiger partial charge in [0.15, 0.2) is 0 Å². The zero-order chi connectivity index (χ0) is 20.0. The minimum absolute atomic E-state index is 0. The van der Waals surface area contributed by atoms with E-state index in [1.807, 2.05) is 0 Å². The van der Waals surface area contributed by atoms with Gasteiger partial charge in [-0.2, -0.15) is 0 Å². The van der Waals surface area contributed by atoms with E-state index in [9.17, 15) is 4.79 Å². The Bertz CT molecular complexity index is 887. The Kier molecular flexibility index (Phi) is 7.93. The zero-order valence-electron chi connectivity index (χ0n) is 18.6. The second-order valence-corrected chi connectivity index (χ2v) is 9.78. The van der Waals surface area contributed by atoms with Crippen molar-refractivity contribution in [2.45, 2.75) is 82.8 Å². The van der Waals surface area contributed by atoms with E-state index in [-0.39, 0.29) is 24.8 Å². The van der Waals surface area contributed by atoms with Crippen molar-refractivity contribution in [1.82, 2.24) is 19.8 Å². The highest BCUT2D eigenvalue weighted by Crippen LogP contribution is 2.35. The third kappa shape index (κ3) is 4.89. The second kappa shape index (κ2) is 10.1. The summed E-state index contributed by atoms with van der Waals surface area (Å²) < 4.78 is 2.39. The quantitative estimate of drug-likeness (QED) is 0.682. The summed E-state index contributed by atoms with van der Waals surface area (Å²) in [4.78, 5) is 20.3. The van der Waals surface area contributed by atoms with Crippen LogP contribution >= 0.6 is 24.8 Å². The molecule has 5 rings (SSSR count). The molecule has 31 heavy (non-hydrogen) atoms. The number of imidazole rings is 1. The number of carbonyl (C=O) groups excluding carboxylic acids is 1. The number of carbonyl (C=O) groups is 1. The Hall–Kier alpha value is -1.30. The smallest absolute Gasteiger partial charge is 0.222 e. The van der Waals surface area contributed by atoms with Crippen LogP contribution in [-0.2, 0) is 4.79 Å². The molecule has 3 aliphatic rings. The number of piperidine rings is 2. The number of amides is 1. The fourth-order valence-electron chi connectivity index (χ4n) is 6.03. The molecule has 2 aromatic rings. The van der Waals surface area contributed by atoms with Crippen LogP contribution in [0.3, 0.4) is 0 Å². The molecule has 172 valence electrons. The number of rotatable bonds is 4. The summed E-state index contributed by atoms with van der Waals surface area (Å²) in [5, 5.41) is 3.70.